The molecule has 1 aliphatic heterocycles. The molecule has 0 radical (unpaired) electrons. The second-order valence-electron chi connectivity index (χ2n) is 4.14. The van der Waals surface area contributed by atoms with Crippen LogP contribution in [0.25, 0.3) is 0 Å². The van der Waals surface area contributed by atoms with E-state index in [1.807, 2.05) is 6.92 Å². The van der Waals surface area contributed by atoms with E-state index in [1.54, 1.807) is 6.20 Å². The van der Waals surface area contributed by atoms with Crippen molar-refractivity contribution < 1.29 is 9.21 Å². The van der Waals surface area contributed by atoms with E-state index in [1.165, 1.54) is 0 Å². The highest BCUT2D eigenvalue weighted by atomic mass is 16.4. The lowest BCUT2D eigenvalue weighted by Crippen LogP contribution is -2.31. The van der Waals surface area contributed by atoms with Crippen molar-refractivity contribution in [1.82, 2.24) is 15.6 Å². The number of nitrogens with one attached hydrogen (secondary N) is 2. The van der Waals surface area contributed by atoms with Crippen LogP contribution in [0.4, 0.5) is 0 Å². The van der Waals surface area contributed by atoms with Crippen molar-refractivity contribution in [2.75, 3.05) is 6.54 Å². The molecule has 2 rings (SSSR count). The number of rotatable bonds is 4. The number of nitrogens with zero attached hydrogens (tertiary/aromatic N) is 1. The predicted octanol–water partition coefficient (Wildman–Crippen LogP) is 0.741. The molecule has 5 nitrogen and oxygen atoms in total. The molecule has 5 heteroatoms. The topological polar surface area (TPSA) is 67.2 Å². The summed E-state index contributed by atoms with van der Waals surface area (Å²) in [5, 5.41) is 6.09. The van der Waals surface area contributed by atoms with Gasteiger partial charge in [0.2, 0.25) is 11.8 Å². The Hall–Kier alpha value is -1.36. The monoisotopic (exact) mass is 223 g/mol. The summed E-state index contributed by atoms with van der Waals surface area (Å²) in [6.45, 7) is 3.23. The highest BCUT2D eigenvalue weighted by Crippen LogP contribution is 2.08. The molecule has 0 aliphatic carbocycles. The van der Waals surface area contributed by atoms with E-state index in [0.29, 0.717) is 24.9 Å². The molecule has 1 amide bonds. The molecule has 1 atom stereocenters. The average Bonchev–Trinajstić information content (AvgIpc) is 2.87. The molecule has 1 aromatic heterocycles. The summed E-state index contributed by atoms with van der Waals surface area (Å²) < 4.78 is 5.26. The third kappa shape index (κ3) is 3.06. The molecule has 0 bridgehead atoms. The van der Waals surface area contributed by atoms with Crippen LogP contribution in [0.2, 0.25) is 0 Å². The van der Waals surface area contributed by atoms with E-state index in [2.05, 4.69) is 15.6 Å². The number of hydrogen-bond acceptors (Lipinski definition) is 4. The Labute approximate surface area is 94.6 Å². The molecule has 2 heterocycles. The van der Waals surface area contributed by atoms with Gasteiger partial charge in [-0.3, -0.25) is 4.79 Å². The van der Waals surface area contributed by atoms with Gasteiger partial charge in [-0.25, -0.2) is 4.98 Å². The van der Waals surface area contributed by atoms with Crippen LogP contribution < -0.4 is 10.6 Å². The van der Waals surface area contributed by atoms with Crippen LogP contribution in [0.1, 0.15) is 30.9 Å². The Kier molecular flexibility index (Phi) is 3.56. The molecule has 2 N–H and O–H groups in total. The Morgan fingerprint density at radius 2 is 2.62 bits per heavy atom. The Morgan fingerprint density at radius 1 is 1.75 bits per heavy atom. The third-order valence-corrected chi connectivity index (χ3v) is 2.70. The number of carbonyl (C=O) groups excluding carboxylic acids is 1. The first-order valence-electron chi connectivity index (χ1n) is 5.65. The van der Waals surface area contributed by atoms with E-state index in [4.69, 9.17) is 4.42 Å². The minimum Gasteiger partial charge on any atom is -0.444 e. The van der Waals surface area contributed by atoms with Gasteiger partial charge >= 0.3 is 0 Å². The van der Waals surface area contributed by atoms with Gasteiger partial charge in [0.1, 0.15) is 5.76 Å². The van der Waals surface area contributed by atoms with Crippen molar-refractivity contribution in [3.8, 4) is 0 Å². The molecular formula is C11H17N3O2. The zero-order chi connectivity index (χ0) is 11.4. The zero-order valence-corrected chi connectivity index (χ0v) is 9.45. The minimum absolute atomic E-state index is 0.0512. The number of aromatic nitrogens is 1. The van der Waals surface area contributed by atoms with E-state index in [9.17, 15) is 4.79 Å². The van der Waals surface area contributed by atoms with Crippen LogP contribution in [0.5, 0.6) is 0 Å². The standard InChI is InChI=1S/C11H17N3O2/c1-8-6-14-11(16-8)7-13-10(15)5-9-3-2-4-12-9/h6,9,12H,2-5,7H2,1H3,(H,13,15). The summed E-state index contributed by atoms with van der Waals surface area (Å²) in [7, 11) is 0. The van der Waals surface area contributed by atoms with Gasteiger partial charge in [0.15, 0.2) is 0 Å². The lowest BCUT2D eigenvalue weighted by atomic mass is 10.1. The summed E-state index contributed by atoms with van der Waals surface area (Å²) >= 11 is 0. The average molecular weight is 223 g/mol. The van der Waals surface area contributed by atoms with E-state index in [0.717, 1.165) is 25.1 Å². The van der Waals surface area contributed by atoms with E-state index < -0.39 is 0 Å². The van der Waals surface area contributed by atoms with Crippen molar-refractivity contribution in [3.63, 3.8) is 0 Å². The fourth-order valence-corrected chi connectivity index (χ4v) is 1.88. The number of hydrogen-bond donors (Lipinski definition) is 2. The third-order valence-electron chi connectivity index (χ3n) is 2.70. The van der Waals surface area contributed by atoms with Gasteiger partial charge in [0.25, 0.3) is 0 Å². The number of amides is 1. The molecule has 1 aromatic rings. The van der Waals surface area contributed by atoms with E-state index in [-0.39, 0.29) is 5.91 Å². The van der Waals surface area contributed by atoms with Gasteiger partial charge < -0.3 is 15.1 Å². The van der Waals surface area contributed by atoms with Crippen LogP contribution in [0.15, 0.2) is 10.6 Å². The van der Waals surface area contributed by atoms with Gasteiger partial charge in [-0.2, -0.15) is 0 Å². The molecule has 1 aliphatic rings. The second-order valence-corrected chi connectivity index (χ2v) is 4.14. The molecule has 88 valence electrons. The number of carbonyl (C=O) groups is 1. The minimum atomic E-state index is 0.0512. The maximum absolute atomic E-state index is 11.6. The summed E-state index contributed by atoms with van der Waals surface area (Å²) in [6.07, 6.45) is 4.45. The summed E-state index contributed by atoms with van der Waals surface area (Å²) in [5.41, 5.74) is 0. The molecular weight excluding hydrogens is 206 g/mol. The van der Waals surface area contributed by atoms with Crippen molar-refractivity contribution in [2.45, 2.75) is 38.8 Å². The van der Waals surface area contributed by atoms with Gasteiger partial charge in [-0.1, -0.05) is 0 Å². The summed E-state index contributed by atoms with van der Waals surface area (Å²) in [6, 6.07) is 0.339. The van der Waals surface area contributed by atoms with Crippen LogP contribution in [-0.2, 0) is 11.3 Å². The second kappa shape index (κ2) is 5.12. The van der Waals surface area contributed by atoms with Crippen molar-refractivity contribution >= 4 is 5.91 Å². The summed E-state index contributed by atoms with van der Waals surface area (Å²) in [5.74, 6) is 1.38. The number of oxazole rings is 1. The predicted molar refractivity (Wildman–Crippen MR) is 58.7 cm³/mol. The molecule has 1 saturated heterocycles. The molecule has 0 saturated carbocycles. The highest BCUT2D eigenvalue weighted by Gasteiger charge is 2.17. The molecule has 1 unspecified atom stereocenters. The number of aryl methyl sites for hydroxylation is 1. The fraction of sp³-hybridized carbons (Fsp3) is 0.636. The molecule has 0 spiro atoms. The lowest BCUT2D eigenvalue weighted by Gasteiger charge is -2.09. The first kappa shape index (κ1) is 11.1. The van der Waals surface area contributed by atoms with Crippen LogP contribution in [0, 0.1) is 6.92 Å². The van der Waals surface area contributed by atoms with E-state index >= 15 is 0 Å². The van der Waals surface area contributed by atoms with Crippen molar-refractivity contribution in [3.05, 3.63) is 17.8 Å². The van der Waals surface area contributed by atoms with Crippen LogP contribution >= 0.6 is 0 Å². The van der Waals surface area contributed by atoms with Gasteiger partial charge in [-0.15, -0.1) is 0 Å². The van der Waals surface area contributed by atoms with Gasteiger partial charge in [0.05, 0.1) is 12.7 Å². The highest BCUT2D eigenvalue weighted by molar-refractivity contribution is 5.76. The summed E-state index contributed by atoms with van der Waals surface area (Å²) in [4.78, 5) is 15.6. The maximum atomic E-state index is 11.6. The Morgan fingerprint density at radius 3 is 3.25 bits per heavy atom. The van der Waals surface area contributed by atoms with Gasteiger partial charge in [0, 0.05) is 12.5 Å². The fourth-order valence-electron chi connectivity index (χ4n) is 1.88. The van der Waals surface area contributed by atoms with Crippen LogP contribution in [-0.4, -0.2) is 23.5 Å². The molecule has 0 aromatic carbocycles. The smallest absolute Gasteiger partial charge is 0.221 e. The zero-order valence-electron chi connectivity index (χ0n) is 9.45. The first-order chi connectivity index (χ1) is 7.74. The Balaban J connectivity index is 1.71. The Bertz CT molecular complexity index is 356. The lowest BCUT2D eigenvalue weighted by molar-refractivity contribution is -0.121. The largest absolute Gasteiger partial charge is 0.444 e. The van der Waals surface area contributed by atoms with Crippen molar-refractivity contribution in [2.24, 2.45) is 0 Å². The maximum Gasteiger partial charge on any atom is 0.221 e. The van der Waals surface area contributed by atoms with Crippen molar-refractivity contribution in [1.29, 1.82) is 0 Å². The normalized spacial score (nSPS) is 19.9. The SMILES string of the molecule is Cc1cnc(CNC(=O)CC2CCCN2)o1. The quantitative estimate of drug-likeness (QED) is 0.790. The van der Waals surface area contributed by atoms with Crippen LogP contribution in [0.3, 0.4) is 0 Å². The molecule has 16 heavy (non-hydrogen) atoms. The van der Waals surface area contributed by atoms with Gasteiger partial charge in [-0.05, 0) is 26.3 Å². The molecule has 1 fully saturated rings. The first-order valence-corrected chi connectivity index (χ1v) is 5.65.